The molecule has 2 aromatic rings. The van der Waals surface area contributed by atoms with Crippen molar-refractivity contribution in [2.75, 3.05) is 13.7 Å². The second-order valence-electron chi connectivity index (χ2n) is 5.36. The number of thiocarbonyl (C=S) groups is 1. The van der Waals surface area contributed by atoms with Gasteiger partial charge in [0, 0.05) is 5.56 Å². The minimum absolute atomic E-state index is 0.0371. The maximum absolute atomic E-state index is 12.1. The first-order chi connectivity index (χ1) is 12.9. The number of hydrazine groups is 1. The average Bonchev–Trinajstić information content (AvgIpc) is 2.65. The molecule has 0 spiro atoms. The number of halogens is 1. The predicted octanol–water partition coefficient (Wildman–Crippen LogP) is 2.32. The van der Waals surface area contributed by atoms with Gasteiger partial charge in [-0.3, -0.25) is 25.8 Å². The van der Waals surface area contributed by atoms with Crippen LogP contribution in [0.3, 0.4) is 0 Å². The molecule has 0 aliphatic heterocycles. The van der Waals surface area contributed by atoms with Gasteiger partial charge in [-0.05, 0) is 71.6 Å². The fourth-order valence-corrected chi connectivity index (χ4v) is 2.95. The molecule has 142 valence electrons. The number of carbonyl (C=O) groups is 2. The number of nitrogens with one attached hydrogen (secondary N) is 3. The molecule has 0 aliphatic rings. The molecule has 7 nitrogen and oxygen atoms in total. The summed E-state index contributed by atoms with van der Waals surface area (Å²) in [4.78, 5) is 24.0. The minimum atomic E-state index is -0.441. The normalized spacial score (nSPS) is 9.89. The molecule has 0 saturated carbocycles. The zero-order valence-electron chi connectivity index (χ0n) is 14.7. The maximum atomic E-state index is 12.1. The standard InChI is InChI=1S/C18H18IN3O4S/c1-11-5-3-4-6-14(11)26-10-16(23)20-18(27)22-21-17(24)12-7-8-15(25-2)13(19)9-12/h3-9H,10H2,1-2H3,(H,21,24)(H2,20,22,23,27). The summed E-state index contributed by atoms with van der Waals surface area (Å²) < 4.78 is 11.4. The monoisotopic (exact) mass is 499 g/mol. The van der Waals surface area contributed by atoms with Gasteiger partial charge in [-0.25, -0.2) is 0 Å². The van der Waals surface area contributed by atoms with Gasteiger partial charge in [-0.1, -0.05) is 18.2 Å². The molecule has 0 aromatic heterocycles. The van der Waals surface area contributed by atoms with Crippen molar-refractivity contribution < 1.29 is 19.1 Å². The highest BCUT2D eigenvalue weighted by atomic mass is 127. The lowest BCUT2D eigenvalue weighted by atomic mass is 10.2. The molecule has 0 aliphatic carbocycles. The van der Waals surface area contributed by atoms with E-state index in [1.165, 1.54) is 0 Å². The van der Waals surface area contributed by atoms with Gasteiger partial charge in [0.05, 0.1) is 10.7 Å². The number of rotatable bonds is 5. The first kappa shape index (κ1) is 20.9. The van der Waals surface area contributed by atoms with E-state index in [2.05, 4.69) is 38.8 Å². The van der Waals surface area contributed by atoms with Crippen molar-refractivity contribution >= 4 is 51.7 Å². The third kappa shape index (κ3) is 6.36. The highest BCUT2D eigenvalue weighted by Crippen LogP contribution is 2.21. The quantitative estimate of drug-likeness (QED) is 0.333. The fraction of sp³-hybridized carbons (Fsp3) is 0.167. The number of ether oxygens (including phenoxy) is 2. The second-order valence-corrected chi connectivity index (χ2v) is 6.93. The molecule has 0 fully saturated rings. The summed E-state index contributed by atoms with van der Waals surface area (Å²) in [6, 6.07) is 12.4. The van der Waals surface area contributed by atoms with Gasteiger partial charge in [-0.2, -0.15) is 0 Å². The van der Waals surface area contributed by atoms with Crippen LogP contribution >= 0.6 is 34.8 Å². The Kier molecular flexibility index (Phi) is 7.80. The van der Waals surface area contributed by atoms with Crippen LogP contribution in [0.1, 0.15) is 15.9 Å². The van der Waals surface area contributed by atoms with Crippen LogP contribution in [0.15, 0.2) is 42.5 Å². The highest BCUT2D eigenvalue weighted by molar-refractivity contribution is 14.1. The van der Waals surface area contributed by atoms with Gasteiger partial charge >= 0.3 is 0 Å². The van der Waals surface area contributed by atoms with Crippen molar-refractivity contribution in [3.8, 4) is 11.5 Å². The summed E-state index contributed by atoms with van der Waals surface area (Å²) in [6.07, 6.45) is 0. The molecular weight excluding hydrogens is 481 g/mol. The van der Waals surface area contributed by atoms with Gasteiger partial charge in [0.1, 0.15) is 11.5 Å². The Labute approximate surface area is 175 Å². The summed E-state index contributed by atoms with van der Waals surface area (Å²) in [5.74, 6) is 0.456. The van der Waals surface area contributed by atoms with Gasteiger partial charge < -0.3 is 9.47 Å². The highest BCUT2D eigenvalue weighted by Gasteiger charge is 2.11. The lowest BCUT2D eigenvalue weighted by Crippen LogP contribution is -2.49. The van der Waals surface area contributed by atoms with E-state index in [-0.39, 0.29) is 11.7 Å². The smallest absolute Gasteiger partial charge is 0.269 e. The van der Waals surface area contributed by atoms with E-state index in [1.807, 2.05) is 25.1 Å². The summed E-state index contributed by atoms with van der Waals surface area (Å²) in [5, 5.41) is 2.39. The molecule has 2 rings (SSSR count). The molecule has 0 bridgehead atoms. The van der Waals surface area contributed by atoms with Crippen LogP contribution in [0.2, 0.25) is 0 Å². The number of hydrogen-bond donors (Lipinski definition) is 3. The van der Waals surface area contributed by atoms with E-state index in [4.69, 9.17) is 21.7 Å². The number of para-hydroxylation sites is 1. The van der Waals surface area contributed by atoms with E-state index in [1.54, 1.807) is 31.4 Å². The molecule has 0 unspecified atom stereocenters. The first-order valence-electron chi connectivity index (χ1n) is 7.83. The van der Waals surface area contributed by atoms with E-state index >= 15 is 0 Å². The number of benzene rings is 2. The second kappa shape index (κ2) is 10.1. The zero-order valence-corrected chi connectivity index (χ0v) is 17.6. The third-order valence-corrected chi connectivity index (χ3v) is 4.46. The minimum Gasteiger partial charge on any atom is -0.496 e. The predicted molar refractivity (Wildman–Crippen MR) is 114 cm³/mol. The Morgan fingerprint density at radius 2 is 1.85 bits per heavy atom. The molecule has 0 atom stereocenters. The Morgan fingerprint density at radius 3 is 2.52 bits per heavy atom. The van der Waals surface area contributed by atoms with Crippen molar-refractivity contribution in [2.24, 2.45) is 0 Å². The van der Waals surface area contributed by atoms with Crippen LogP contribution in [-0.2, 0) is 4.79 Å². The molecule has 27 heavy (non-hydrogen) atoms. The lowest BCUT2D eigenvalue weighted by Gasteiger charge is -2.12. The fourth-order valence-electron chi connectivity index (χ4n) is 2.05. The Hall–Kier alpha value is -2.40. The number of hydrogen-bond acceptors (Lipinski definition) is 5. The van der Waals surface area contributed by atoms with Gasteiger partial charge in [0.15, 0.2) is 11.7 Å². The molecule has 0 heterocycles. The molecule has 0 saturated heterocycles. The van der Waals surface area contributed by atoms with Gasteiger partial charge in [0.25, 0.3) is 11.8 Å². The number of aryl methyl sites for hydroxylation is 1. The zero-order chi connectivity index (χ0) is 19.8. The van der Waals surface area contributed by atoms with Crippen LogP contribution < -0.4 is 25.6 Å². The van der Waals surface area contributed by atoms with E-state index in [0.717, 1.165) is 9.13 Å². The summed E-state index contributed by atoms with van der Waals surface area (Å²) in [6.45, 7) is 1.69. The van der Waals surface area contributed by atoms with Crippen LogP contribution in [-0.4, -0.2) is 30.6 Å². The maximum Gasteiger partial charge on any atom is 0.269 e. The van der Waals surface area contributed by atoms with Crippen molar-refractivity contribution in [2.45, 2.75) is 6.92 Å². The SMILES string of the molecule is COc1ccc(C(=O)NNC(=S)NC(=O)COc2ccccc2C)cc1I. The van der Waals surface area contributed by atoms with Crippen LogP contribution in [0.4, 0.5) is 0 Å². The summed E-state index contributed by atoms with van der Waals surface area (Å²) in [7, 11) is 1.56. The van der Waals surface area contributed by atoms with Crippen molar-refractivity contribution in [1.82, 2.24) is 16.2 Å². The lowest BCUT2D eigenvalue weighted by molar-refractivity contribution is -0.121. The largest absolute Gasteiger partial charge is 0.496 e. The molecule has 0 radical (unpaired) electrons. The first-order valence-corrected chi connectivity index (χ1v) is 9.31. The third-order valence-electron chi connectivity index (χ3n) is 3.41. The van der Waals surface area contributed by atoms with Gasteiger partial charge in [-0.15, -0.1) is 0 Å². The van der Waals surface area contributed by atoms with Crippen molar-refractivity contribution in [1.29, 1.82) is 0 Å². The molecule has 2 aromatic carbocycles. The van der Waals surface area contributed by atoms with Crippen molar-refractivity contribution in [3.05, 3.63) is 57.2 Å². The Balaban J connectivity index is 1.78. The summed E-state index contributed by atoms with van der Waals surface area (Å²) >= 11 is 7.06. The summed E-state index contributed by atoms with van der Waals surface area (Å²) in [5.41, 5.74) is 6.25. The van der Waals surface area contributed by atoms with E-state index in [9.17, 15) is 9.59 Å². The van der Waals surface area contributed by atoms with Crippen LogP contribution in [0.25, 0.3) is 0 Å². The Morgan fingerprint density at radius 1 is 1.11 bits per heavy atom. The van der Waals surface area contributed by atoms with Crippen LogP contribution in [0, 0.1) is 10.5 Å². The number of carbonyl (C=O) groups excluding carboxylic acids is 2. The molecular formula is C18H18IN3O4S. The Bertz CT molecular complexity index is 860. The molecule has 9 heteroatoms. The topological polar surface area (TPSA) is 88.7 Å². The molecule has 3 N–H and O–H groups in total. The van der Waals surface area contributed by atoms with Crippen LogP contribution in [0.5, 0.6) is 11.5 Å². The van der Waals surface area contributed by atoms with E-state index < -0.39 is 11.8 Å². The molecule has 2 amide bonds. The van der Waals surface area contributed by atoms with Crippen molar-refractivity contribution in [3.63, 3.8) is 0 Å². The van der Waals surface area contributed by atoms with Gasteiger partial charge in [0.2, 0.25) is 0 Å². The number of methoxy groups -OCH3 is 1. The average molecular weight is 499 g/mol. The number of amides is 2. The van der Waals surface area contributed by atoms with E-state index in [0.29, 0.717) is 17.1 Å².